The molecule has 3 rings (SSSR count). The smallest absolute Gasteiger partial charge is 0.282 e. The van der Waals surface area contributed by atoms with Gasteiger partial charge in [-0.15, -0.1) is 0 Å². The molecule has 0 spiro atoms. The van der Waals surface area contributed by atoms with E-state index in [0.717, 1.165) is 18.1 Å². The van der Waals surface area contributed by atoms with Crippen LogP contribution in [0.4, 0.5) is 0 Å². The van der Waals surface area contributed by atoms with Crippen LogP contribution in [0.25, 0.3) is 0 Å². The Morgan fingerprint density at radius 1 is 1.04 bits per heavy atom. The minimum atomic E-state index is -3.49. The maximum atomic E-state index is 12.9. The third kappa shape index (κ3) is 6.01. The van der Waals surface area contributed by atoms with Crippen LogP contribution < -0.4 is 0 Å². The van der Waals surface area contributed by atoms with Gasteiger partial charge in [-0.05, 0) is 33.1 Å². The normalized spacial score (nSPS) is 30.6. The average molecular weight is 452 g/mol. The summed E-state index contributed by atoms with van der Waals surface area (Å²) < 4.78 is 34.6. The molecule has 0 aliphatic carbocycles. The Morgan fingerprint density at radius 3 is 2.32 bits per heavy atom. The molecule has 1 amide bonds. The van der Waals surface area contributed by atoms with Crippen molar-refractivity contribution in [3.63, 3.8) is 0 Å². The third-order valence-electron chi connectivity index (χ3n) is 5.52. The predicted octanol–water partition coefficient (Wildman–Crippen LogP) is 2.20. The van der Waals surface area contributed by atoms with Crippen LogP contribution in [0.5, 0.6) is 0 Å². The quantitative estimate of drug-likeness (QED) is 0.437. The number of morpholine rings is 1. The van der Waals surface area contributed by atoms with Crippen LogP contribution in [0.15, 0.2) is 0 Å². The standard InChI is InChI=1S/C18H33N3O4S3/c1-15-13-21(14-16(2)25-15)28(23,24)20-10-8-19(9-11-20)18(22)6-4-3-5-17-7-12-26-27-17/h15-17H,3-14H2,1-2H3. The van der Waals surface area contributed by atoms with Crippen molar-refractivity contribution in [3.8, 4) is 0 Å². The Kier molecular flexibility index (Phi) is 8.38. The summed E-state index contributed by atoms with van der Waals surface area (Å²) in [6.07, 6.45) is 4.92. The molecule has 3 aliphatic rings. The number of nitrogens with zero attached hydrogens (tertiary/aromatic N) is 3. The lowest BCUT2D eigenvalue weighted by atomic mass is 10.1. The Hall–Kier alpha value is -0.000000000000000187. The highest BCUT2D eigenvalue weighted by Gasteiger charge is 2.37. The molecule has 0 N–H and O–H groups in total. The minimum absolute atomic E-state index is 0.0948. The first-order valence-electron chi connectivity index (χ1n) is 10.3. The van der Waals surface area contributed by atoms with Crippen molar-refractivity contribution in [3.05, 3.63) is 0 Å². The van der Waals surface area contributed by atoms with Gasteiger partial charge in [0.05, 0.1) is 12.2 Å². The summed E-state index contributed by atoms with van der Waals surface area (Å²) in [6.45, 7) is 6.32. The molecule has 3 unspecified atom stereocenters. The van der Waals surface area contributed by atoms with Gasteiger partial charge in [-0.25, -0.2) is 0 Å². The van der Waals surface area contributed by atoms with Crippen molar-refractivity contribution < 1.29 is 17.9 Å². The number of rotatable bonds is 7. The Bertz CT molecular complexity index is 610. The first kappa shape index (κ1) is 22.7. The van der Waals surface area contributed by atoms with Gasteiger partial charge in [0.15, 0.2) is 0 Å². The molecule has 0 aromatic heterocycles. The third-order valence-corrected chi connectivity index (χ3v) is 10.5. The fourth-order valence-electron chi connectivity index (χ4n) is 4.02. The van der Waals surface area contributed by atoms with Crippen LogP contribution in [-0.2, 0) is 19.7 Å². The molecule has 0 radical (unpaired) electrons. The van der Waals surface area contributed by atoms with Crippen LogP contribution in [0.3, 0.4) is 0 Å². The number of amides is 1. The van der Waals surface area contributed by atoms with Crippen LogP contribution in [-0.4, -0.2) is 90.3 Å². The van der Waals surface area contributed by atoms with Crippen molar-refractivity contribution in [1.29, 1.82) is 0 Å². The van der Waals surface area contributed by atoms with Crippen LogP contribution >= 0.6 is 21.6 Å². The molecule has 3 atom stereocenters. The van der Waals surface area contributed by atoms with E-state index in [1.165, 1.54) is 27.2 Å². The summed E-state index contributed by atoms with van der Waals surface area (Å²) in [4.78, 5) is 14.3. The second kappa shape index (κ2) is 10.3. The van der Waals surface area contributed by atoms with Crippen molar-refractivity contribution >= 4 is 37.7 Å². The summed E-state index contributed by atoms with van der Waals surface area (Å²) in [5.41, 5.74) is 0. The van der Waals surface area contributed by atoms with E-state index < -0.39 is 10.2 Å². The van der Waals surface area contributed by atoms with E-state index in [9.17, 15) is 13.2 Å². The van der Waals surface area contributed by atoms with Crippen molar-refractivity contribution in [2.45, 2.75) is 63.4 Å². The molecular formula is C18H33N3O4S3. The van der Waals surface area contributed by atoms with Crippen LogP contribution in [0, 0.1) is 0 Å². The highest BCUT2D eigenvalue weighted by atomic mass is 33.1. The monoisotopic (exact) mass is 451 g/mol. The lowest BCUT2D eigenvalue weighted by Gasteiger charge is -2.40. The van der Waals surface area contributed by atoms with Gasteiger partial charge in [0.2, 0.25) is 5.91 Å². The molecule has 3 saturated heterocycles. The number of hydrogen-bond acceptors (Lipinski definition) is 6. The second-order valence-electron chi connectivity index (χ2n) is 7.94. The van der Waals surface area contributed by atoms with Gasteiger partial charge in [-0.2, -0.15) is 17.0 Å². The molecule has 10 heteroatoms. The van der Waals surface area contributed by atoms with E-state index in [4.69, 9.17) is 4.74 Å². The Balaban J connectivity index is 1.40. The maximum Gasteiger partial charge on any atom is 0.282 e. The Morgan fingerprint density at radius 2 is 1.71 bits per heavy atom. The molecule has 3 aliphatic heterocycles. The first-order valence-corrected chi connectivity index (χ1v) is 14.1. The topological polar surface area (TPSA) is 70.2 Å². The Labute approximate surface area is 177 Å². The number of ether oxygens (including phenoxy) is 1. The van der Waals surface area contributed by atoms with Crippen molar-refractivity contribution in [2.24, 2.45) is 0 Å². The zero-order valence-electron chi connectivity index (χ0n) is 16.9. The number of hydrogen-bond donors (Lipinski definition) is 0. The van der Waals surface area contributed by atoms with Crippen LogP contribution in [0.2, 0.25) is 0 Å². The largest absolute Gasteiger partial charge is 0.373 e. The molecule has 0 aromatic carbocycles. The molecule has 0 saturated carbocycles. The maximum absolute atomic E-state index is 12.9. The lowest BCUT2D eigenvalue weighted by Crippen LogP contribution is -2.57. The van der Waals surface area contributed by atoms with Gasteiger partial charge < -0.3 is 9.64 Å². The van der Waals surface area contributed by atoms with Crippen molar-refractivity contribution in [2.75, 3.05) is 45.0 Å². The molecule has 0 bridgehead atoms. The minimum Gasteiger partial charge on any atom is -0.373 e. The molecule has 7 nitrogen and oxygen atoms in total. The van der Waals surface area contributed by atoms with Gasteiger partial charge in [-0.3, -0.25) is 4.79 Å². The van der Waals surface area contributed by atoms with Gasteiger partial charge in [0.1, 0.15) is 0 Å². The van der Waals surface area contributed by atoms with E-state index >= 15 is 0 Å². The summed E-state index contributed by atoms with van der Waals surface area (Å²) in [5.74, 6) is 1.42. The molecule has 3 fully saturated rings. The number of carbonyl (C=O) groups is 1. The van der Waals surface area contributed by atoms with Crippen molar-refractivity contribution in [1.82, 2.24) is 13.5 Å². The summed E-state index contributed by atoms with van der Waals surface area (Å²) >= 11 is 0. The SMILES string of the molecule is CC1CN(S(=O)(=O)N2CCN(C(=O)CCCCC3CCSS3)CC2)CC(C)O1. The molecule has 0 aromatic rings. The molecule has 162 valence electrons. The van der Waals surface area contributed by atoms with Gasteiger partial charge in [-0.1, -0.05) is 28.0 Å². The predicted molar refractivity (Wildman–Crippen MR) is 116 cm³/mol. The van der Waals surface area contributed by atoms with E-state index in [1.807, 2.05) is 40.3 Å². The first-order chi connectivity index (χ1) is 13.4. The van der Waals surface area contributed by atoms with Gasteiger partial charge in [0, 0.05) is 56.7 Å². The van der Waals surface area contributed by atoms with E-state index in [0.29, 0.717) is 45.7 Å². The average Bonchev–Trinajstić information content (AvgIpc) is 3.18. The highest BCUT2D eigenvalue weighted by Crippen LogP contribution is 2.39. The summed E-state index contributed by atoms with van der Waals surface area (Å²) in [6, 6.07) is 0. The molecule has 3 heterocycles. The number of piperazine rings is 1. The highest BCUT2D eigenvalue weighted by molar-refractivity contribution is 8.77. The number of carbonyl (C=O) groups excluding carboxylic acids is 1. The molecular weight excluding hydrogens is 418 g/mol. The zero-order valence-corrected chi connectivity index (χ0v) is 19.4. The van der Waals surface area contributed by atoms with Gasteiger partial charge in [0.25, 0.3) is 10.2 Å². The zero-order chi connectivity index (χ0) is 20.1. The molecule has 28 heavy (non-hydrogen) atoms. The summed E-state index contributed by atoms with van der Waals surface area (Å²) in [7, 11) is 0.464. The fraction of sp³-hybridized carbons (Fsp3) is 0.944. The van der Waals surface area contributed by atoms with Crippen LogP contribution in [0.1, 0.15) is 46.0 Å². The summed E-state index contributed by atoms with van der Waals surface area (Å²) in [5, 5.41) is 0.763. The van der Waals surface area contributed by atoms with E-state index in [1.54, 1.807) is 0 Å². The second-order valence-corrected chi connectivity index (χ2v) is 12.7. The van der Waals surface area contributed by atoms with Gasteiger partial charge >= 0.3 is 0 Å². The van der Waals surface area contributed by atoms with E-state index in [2.05, 4.69) is 0 Å². The lowest BCUT2D eigenvalue weighted by molar-refractivity contribution is -0.132. The fourth-order valence-corrected chi connectivity index (χ4v) is 8.80. The number of unbranched alkanes of at least 4 members (excludes halogenated alkanes) is 1. The van der Waals surface area contributed by atoms with E-state index in [-0.39, 0.29) is 18.1 Å².